The van der Waals surface area contributed by atoms with Crippen LogP contribution in [0.15, 0.2) is 61.2 Å². The summed E-state index contributed by atoms with van der Waals surface area (Å²) in [5.41, 5.74) is 0.499. The van der Waals surface area contributed by atoms with Gasteiger partial charge in [-0.1, -0.05) is 64.4 Å². The molecule has 0 bridgehead atoms. The van der Waals surface area contributed by atoms with Gasteiger partial charge in [-0.3, -0.25) is 0 Å². The van der Waals surface area contributed by atoms with Gasteiger partial charge in [-0.05, 0) is 74.2 Å². The van der Waals surface area contributed by atoms with Gasteiger partial charge in [0.2, 0.25) is 0 Å². The van der Waals surface area contributed by atoms with Crippen molar-refractivity contribution >= 4 is 5.97 Å². The highest BCUT2D eigenvalue weighted by Gasteiger charge is 2.09. The summed E-state index contributed by atoms with van der Waals surface area (Å²) in [5, 5.41) is 0. The maximum Gasteiger partial charge on any atom is 0.343 e. The first-order valence-electron chi connectivity index (χ1n) is 13.0. The molecular weight excluding hydrogens is 424 g/mol. The number of carbonyl (C=O) groups excluding carboxylic acids is 1. The van der Waals surface area contributed by atoms with Gasteiger partial charge < -0.3 is 14.2 Å². The standard InChI is InChI=1S/C30H42O4/c1-3-5-7-9-10-11-13-15-25-32-27-18-16-26(17-19-27)30(31)34-29-22-20-28(21-23-29)33-24-14-12-8-6-4-2/h3,16-23H,1,4-15,24-25H2,2H3. The van der Waals surface area contributed by atoms with Crippen molar-refractivity contribution in [1.29, 1.82) is 0 Å². The van der Waals surface area contributed by atoms with Crippen molar-refractivity contribution in [3.8, 4) is 17.2 Å². The molecule has 0 aliphatic rings. The second-order valence-corrected chi connectivity index (χ2v) is 8.70. The van der Waals surface area contributed by atoms with E-state index in [9.17, 15) is 4.79 Å². The van der Waals surface area contributed by atoms with Gasteiger partial charge in [-0.2, -0.15) is 0 Å². The van der Waals surface area contributed by atoms with E-state index in [1.807, 2.05) is 30.3 Å². The van der Waals surface area contributed by atoms with Crippen LogP contribution in [0, 0.1) is 0 Å². The van der Waals surface area contributed by atoms with Crippen molar-refractivity contribution in [2.45, 2.75) is 84.0 Å². The molecule has 0 saturated carbocycles. The number of hydrogen-bond donors (Lipinski definition) is 0. The molecule has 0 aliphatic carbocycles. The summed E-state index contributed by atoms with van der Waals surface area (Å²) in [4.78, 5) is 12.4. The Morgan fingerprint density at radius 1 is 0.676 bits per heavy atom. The number of hydrogen-bond acceptors (Lipinski definition) is 4. The fourth-order valence-corrected chi connectivity index (χ4v) is 3.64. The van der Waals surface area contributed by atoms with Crippen LogP contribution in [0.25, 0.3) is 0 Å². The van der Waals surface area contributed by atoms with Crippen LogP contribution in [-0.2, 0) is 0 Å². The normalized spacial score (nSPS) is 10.6. The van der Waals surface area contributed by atoms with Gasteiger partial charge in [-0.25, -0.2) is 4.79 Å². The van der Waals surface area contributed by atoms with Crippen LogP contribution >= 0.6 is 0 Å². The molecular formula is C30H42O4. The quantitative estimate of drug-likeness (QED) is 0.0900. The first-order valence-corrected chi connectivity index (χ1v) is 13.0. The fraction of sp³-hybridized carbons (Fsp3) is 0.500. The summed E-state index contributed by atoms with van der Waals surface area (Å²) in [6, 6.07) is 14.3. The Bertz CT molecular complexity index is 796. The largest absolute Gasteiger partial charge is 0.494 e. The highest BCUT2D eigenvalue weighted by Crippen LogP contribution is 2.20. The van der Waals surface area contributed by atoms with E-state index in [2.05, 4.69) is 13.5 Å². The van der Waals surface area contributed by atoms with Crippen molar-refractivity contribution in [2.24, 2.45) is 0 Å². The summed E-state index contributed by atoms with van der Waals surface area (Å²) >= 11 is 0. The third-order valence-corrected chi connectivity index (χ3v) is 5.71. The highest BCUT2D eigenvalue weighted by atomic mass is 16.5. The van der Waals surface area contributed by atoms with E-state index in [4.69, 9.17) is 14.2 Å². The number of unbranched alkanes of at least 4 members (excludes halogenated alkanes) is 10. The van der Waals surface area contributed by atoms with Crippen molar-refractivity contribution in [3.63, 3.8) is 0 Å². The van der Waals surface area contributed by atoms with Crippen molar-refractivity contribution in [1.82, 2.24) is 0 Å². The number of carbonyl (C=O) groups is 1. The van der Waals surface area contributed by atoms with E-state index >= 15 is 0 Å². The molecule has 0 radical (unpaired) electrons. The van der Waals surface area contributed by atoms with Crippen LogP contribution in [0.5, 0.6) is 17.2 Å². The Hall–Kier alpha value is -2.75. The minimum Gasteiger partial charge on any atom is -0.494 e. The van der Waals surface area contributed by atoms with Gasteiger partial charge in [0, 0.05) is 0 Å². The SMILES string of the molecule is C=CCCCCCCCCOc1ccc(C(=O)Oc2ccc(OCCCCCCC)cc2)cc1. The van der Waals surface area contributed by atoms with Gasteiger partial charge in [0.15, 0.2) is 0 Å². The van der Waals surface area contributed by atoms with E-state index < -0.39 is 0 Å². The van der Waals surface area contributed by atoms with Crippen LogP contribution in [0.4, 0.5) is 0 Å². The molecule has 34 heavy (non-hydrogen) atoms. The molecule has 186 valence electrons. The molecule has 4 nitrogen and oxygen atoms in total. The zero-order valence-corrected chi connectivity index (χ0v) is 20.9. The highest BCUT2D eigenvalue weighted by molar-refractivity contribution is 5.91. The monoisotopic (exact) mass is 466 g/mol. The minimum atomic E-state index is -0.382. The van der Waals surface area contributed by atoms with E-state index in [0.29, 0.717) is 24.5 Å². The van der Waals surface area contributed by atoms with Gasteiger partial charge in [0.25, 0.3) is 0 Å². The van der Waals surface area contributed by atoms with Crippen LogP contribution in [-0.4, -0.2) is 19.2 Å². The maximum absolute atomic E-state index is 12.4. The van der Waals surface area contributed by atoms with E-state index in [0.717, 1.165) is 30.8 Å². The molecule has 0 N–H and O–H groups in total. The summed E-state index contributed by atoms with van der Waals surface area (Å²) in [7, 11) is 0. The molecule has 0 unspecified atom stereocenters. The molecule has 0 heterocycles. The maximum atomic E-state index is 12.4. The average Bonchev–Trinajstić information content (AvgIpc) is 2.86. The average molecular weight is 467 g/mol. The summed E-state index contributed by atoms with van der Waals surface area (Å²) in [6.45, 7) is 7.38. The lowest BCUT2D eigenvalue weighted by molar-refractivity contribution is 0.0734. The molecule has 0 atom stereocenters. The molecule has 0 aromatic heterocycles. The van der Waals surface area contributed by atoms with Crippen LogP contribution in [0.3, 0.4) is 0 Å². The zero-order valence-electron chi connectivity index (χ0n) is 20.9. The Labute approximate surface area is 206 Å². The van der Waals surface area contributed by atoms with E-state index in [1.54, 1.807) is 24.3 Å². The van der Waals surface area contributed by atoms with Crippen molar-refractivity contribution in [3.05, 3.63) is 66.7 Å². The second-order valence-electron chi connectivity index (χ2n) is 8.70. The second kappa shape index (κ2) is 17.7. The third kappa shape index (κ3) is 11.9. The minimum absolute atomic E-state index is 0.382. The number of allylic oxidation sites excluding steroid dienone is 1. The Balaban J connectivity index is 1.63. The van der Waals surface area contributed by atoms with Gasteiger partial charge in [-0.15, -0.1) is 6.58 Å². The summed E-state index contributed by atoms with van der Waals surface area (Å²) in [5.74, 6) is 1.70. The molecule has 2 rings (SSSR count). The third-order valence-electron chi connectivity index (χ3n) is 5.71. The predicted molar refractivity (Wildman–Crippen MR) is 140 cm³/mol. The Morgan fingerprint density at radius 2 is 1.15 bits per heavy atom. The number of ether oxygens (including phenoxy) is 3. The van der Waals surface area contributed by atoms with E-state index in [1.165, 1.54) is 57.8 Å². The number of benzene rings is 2. The first-order chi connectivity index (χ1) is 16.7. The van der Waals surface area contributed by atoms with E-state index in [-0.39, 0.29) is 5.97 Å². The predicted octanol–water partition coefficient (Wildman–Crippen LogP) is 8.55. The summed E-state index contributed by atoms with van der Waals surface area (Å²) < 4.78 is 17.0. The molecule has 0 fully saturated rings. The number of rotatable bonds is 19. The Morgan fingerprint density at radius 3 is 1.71 bits per heavy atom. The van der Waals surface area contributed by atoms with Crippen molar-refractivity contribution < 1.29 is 19.0 Å². The van der Waals surface area contributed by atoms with Gasteiger partial charge in [0.1, 0.15) is 17.2 Å². The molecule has 0 saturated heterocycles. The first kappa shape index (κ1) is 27.5. The molecule has 2 aromatic rings. The molecule has 0 amide bonds. The lowest BCUT2D eigenvalue weighted by atomic mass is 10.1. The molecule has 0 spiro atoms. The van der Waals surface area contributed by atoms with Gasteiger partial charge in [0.05, 0.1) is 18.8 Å². The summed E-state index contributed by atoms with van der Waals surface area (Å²) in [6.07, 6.45) is 16.4. The van der Waals surface area contributed by atoms with Crippen LogP contribution < -0.4 is 14.2 Å². The topological polar surface area (TPSA) is 44.8 Å². The molecule has 0 aliphatic heterocycles. The lowest BCUT2D eigenvalue weighted by Crippen LogP contribution is -2.08. The lowest BCUT2D eigenvalue weighted by Gasteiger charge is -2.09. The van der Waals surface area contributed by atoms with Gasteiger partial charge >= 0.3 is 5.97 Å². The van der Waals surface area contributed by atoms with Crippen LogP contribution in [0.1, 0.15) is 94.3 Å². The Kier molecular flexibility index (Phi) is 14.3. The molecule has 2 aromatic carbocycles. The number of esters is 1. The van der Waals surface area contributed by atoms with Crippen LogP contribution in [0.2, 0.25) is 0 Å². The fourth-order valence-electron chi connectivity index (χ4n) is 3.64. The smallest absolute Gasteiger partial charge is 0.343 e. The zero-order chi connectivity index (χ0) is 24.3. The van der Waals surface area contributed by atoms with Crippen molar-refractivity contribution in [2.75, 3.05) is 13.2 Å². The molecule has 4 heteroatoms.